The number of rotatable bonds is 7. The fraction of sp³-hybridized carbons (Fsp3) is 0.278. The minimum absolute atomic E-state index is 0.00759. The van der Waals surface area contributed by atoms with Crippen LogP contribution >= 0.6 is 0 Å². The zero-order valence-corrected chi connectivity index (χ0v) is 15.7. The van der Waals surface area contributed by atoms with E-state index in [9.17, 15) is 22.0 Å². The van der Waals surface area contributed by atoms with Crippen LogP contribution in [0.3, 0.4) is 0 Å². The van der Waals surface area contributed by atoms with Gasteiger partial charge in [-0.05, 0) is 49.2 Å². The van der Waals surface area contributed by atoms with Gasteiger partial charge in [-0.25, -0.2) is 22.3 Å². The maximum atomic E-state index is 13.3. The summed E-state index contributed by atoms with van der Waals surface area (Å²) in [6, 6.07) is 8.75. The Morgan fingerprint density at radius 3 is 2.15 bits per heavy atom. The minimum atomic E-state index is -3.77. The zero-order valence-electron chi connectivity index (χ0n) is 14.9. The Balaban J connectivity index is 1.90. The third-order valence-corrected chi connectivity index (χ3v) is 5.03. The quantitative estimate of drug-likeness (QED) is 0.666. The lowest BCUT2D eigenvalue weighted by Crippen LogP contribution is -2.36. The molecule has 2 rings (SSSR count). The van der Waals surface area contributed by atoms with Crippen molar-refractivity contribution in [3.63, 3.8) is 0 Å². The molecule has 27 heavy (non-hydrogen) atoms. The summed E-state index contributed by atoms with van der Waals surface area (Å²) in [5.41, 5.74) is 1.23. The molecule has 0 saturated heterocycles. The highest BCUT2D eigenvalue weighted by molar-refractivity contribution is 7.89. The standard InChI is InChI=1S/C18H21F2N3O3S/c1-11(14-5-8-16(19)17(20)9-14)22-10-18(24)23-12(2)13-3-6-15(7-4-13)27(21,25)26/h3-9,11-12,22H,10H2,1-2H3,(H,23,24)(H2,21,25,26)/t11-,12-/m0/s1. The van der Waals surface area contributed by atoms with Gasteiger partial charge in [-0.3, -0.25) is 4.79 Å². The van der Waals surface area contributed by atoms with E-state index in [-0.39, 0.29) is 29.4 Å². The van der Waals surface area contributed by atoms with Gasteiger partial charge >= 0.3 is 0 Å². The maximum absolute atomic E-state index is 13.3. The number of hydrogen-bond acceptors (Lipinski definition) is 4. The molecule has 146 valence electrons. The molecule has 0 aliphatic rings. The van der Waals surface area contributed by atoms with Gasteiger partial charge in [-0.1, -0.05) is 18.2 Å². The minimum Gasteiger partial charge on any atom is -0.348 e. The molecule has 2 aromatic rings. The molecule has 2 atom stereocenters. The largest absolute Gasteiger partial charge is 0.348 e. The fourth-order valence-corrected chi connectivity index (χ4v) is 2.98. The Kier molecular flexibility index (Phi) is 6.63. The van der Waals surface area contributed by atoms with Gasteiger partial charge in [-0.15, -0.1) is 0 Å². The SMILES string of the molecule is C[C@H](NCC(=O)N[C@@H](C)c1ccc(S(N)(=O)=O)cc1)c1ccc(F)c(F)c1. The Morgan fingerprint density at radius 2 is 1.59 bits per heavy atom. The first-order valence-corrected chi connectivity index (χ1v) is 9.73. The van der Waals surface area contributed by atoms with E-state index in [1.807, 2.05) is 0 Å². The van der Waals surface area contributed by atoms with Crippen LogP contribution in [0.1, 0.15) is 37.1 Å². The lowest BCUT2D eigenvalue weighted by Gasteiger charge is -2.17. The number of carbonyl (C=O) groups is 1. The third-order valence-electron chi connectivity index (χ3n) is 4.10. The Labute approximate surface area is 156 Å². The first-order chi connectivity index (χ1) is 12.6. The molecule has 0 radical (unpaired) electrons. The van der Waals surface area contributed by atoms with E-state index in [0.717, 1.165) is 12.1 Å². The molecule has 0 bridgehead atoms. The van der Waals surface area contributed by atoms with Gasteiger partial charge in [0.25, 0.3) is 0 Å². The van der Waals surface area contributed by atoms with E-state index in [4.69, 9.17) is 5.14 Å². The first-order valence-electron chi connectivity index (χ1n) is 8.18. The number of nitrogens with one attached hydrogen (secondary N) is 2. The summed E-state index contributed by atoms with van der Waals surface area (Å²) in [6.45, 7) is 3.46. The molecular formula is C18H21F2N3O3S. The van der Waals surface area contributed by atoms with Gasteiger partial charge < -0.3 is 10.6 Å². The second kappa shape index (κ2) is 8.55. The van der Waals surface area contributed by atoms with Crippen molar-refractivity contribution in [2.24, 2.45) is 5.14 Å². The van der Waals surface area contributed by atoms with Crippen molar-refractivity contribution in [3.8, 4) is 0 Å². The van der Waals surface area contributed by atoms with E-state index < -0.39 is 21.7 Å². The van der Waals surface area contributed by atoms with E-state index in [2.05, 4.69) is 10.6 Å². The summed E-state index contributed by atoms with van der Waals surface area (Å²) in [5, 5.41) is 10.7. The topological polar surface area (TPSA) is 101 Å². The van der Waals surface area contributed by atoms with Crippen LogP contribution in [0.2, 0.25) is 0 Å². The molecular weight excluding hydrogens is 376 g/mol. The van der Waals surface area contributed by atoms with Crippen molar-refractivity contribution in [2.45, 2.75) is 30.8 Å². The summed E-state index contributed by atoms with van der Waals surface area (Å²) in [7, 11) is -3.77. The molecule has 2 aromatic carbocycles. The summed E-state index contributed by atoms with van der Waals surface area (Å²) in [4.78, 5) is 12.1. The second-order valence-electron chi connectivity index (χ2n) is 6.18. The molecule has 0 fully saturated rings. The van der Waals surface area contributed by atoms with Gasteiger partial charge in [0.05, 0.1) is 17.5 Å². The molecule has 0 aromatic heterocycles. The number of primary sulfonamides is 1. The maximum Gasteiger partial charge on any atom is 0.238 e. The molecule has 9 heteroatoms. The number of amides is 1. The predicted octanol–water partition coefficient (Wildman–Crippen LogP) is 2.14. The lowest BCUT2D eigenvalue weighted by molar-refractivity contribution is -0.121. The predicted molar refractivity (Wildman–Crippen MR) is 97.1 cm³/mol. The number of carbonyl (C=O) groups excluding carboxylic acids is 1. The van der Waals surface area contributed by atoms with Crippen molar-refractivity contribution in [2.75, 3.05) is 6.54 Å². The molecule has 0 spiro atoms. The van der Waals surface area contributed by atoms with Crippen LogP contribution in [0.4, 0.5) is 8.78 Å². The Hall–Kier alpha value is -2.36. The summed E-state index contributed by atoms with van der Waals surface area (Å²) in [5.74, 6) is -2.17. The number of halogens is 2. The van der Waals surface area contributed by atoms with Gasteiger partial charge in [0.15, 0.2) is 11.6 Å². The van der Waals surface area contributed by atoms with Gasteiger partial charge in [-0.2, -0.15) is 0 Å². The summed E-state index contributed by atoms with van der Waals surface area (Å²) >= 11 is 0. The average Bonchev–Trinajstić information content (AvgIpc) is 2.61. The Morgan fingerprint density at radius 1 is 1.00 bits per heavy atom. The van der Waals surface area contributed by atoms with Gasteiger partial charge in [0.2, 0.25) is 15.9 Å². The smallest absolute Gasteiger partial charge is 0.238 e. The van der Waals surface area contributed by atoms with E-state index in [1.165, 1.54) is 18.2 Å². The van der Waals surface area contributed by atoms with E-state index in [0.29, 0.717) is 11.1 Å². The molecule has 4 N–H and O–H groups in total. The van der Waals surface area contributed by atoms with Crippen molar-refractivity contribution < 1.29 is 22.0 Å². The van der Waals surface area contributed by atoms with Crippen LogP contribution in [0.15, 0.2) is 47.4 Å². The fourth-order valence-electron chi connectivity index (χ4n) is 2.47. The van der Waals surface area contributed by atoms with E-state index >= 15 is 0 Å². The highest BCUT2D eigenvalue weighted by Crippen LogP contribution is 2.17. The van der Waals surface area contributed by atoms with E-state index in [1.54, 1.807) is 26.0 Å². The molecule has 0 aliphatic carbocycles. The summed E-state index contributed by atoms with van der Waals surface area (Å²) < 4.78 is 48.7. The number of benzene rings is 2. The molecule has 0 saturated carbocycles. The number of sulfonamides is 1. The molecule has 0 unspecified atom stereocenters. The monoisotopic (exact) mass is 397 g/mol. The van der Waals surface area contributed by atoms with Gasteiger partial charge in [0.1, 0.15) is 0 Å². The third kappa shape index (κ3) is 5.81. The zero-order chi connectivity index (χ0) is 20.2. The van der Waals surface area contributed by atoms with Gasteiger partial charge in [0, 0.05) is 6.04 Å². The highest BCUT2D eigenvalue weighted by Gasteiger charge is 2.14. The van der Waals surface area contributed by atoms with Crippen molar-refractivity contribution in [3.05, 3.63) is 65.2 Å². The van der Waals surface area contributed by atoms with Crippen LogP contribution in [0.5, 0.6) is 0 Å². The van der Waals surface area contributed by atoms with Crippen LogP contribution in [0, 0.1) is 11.6 Å². The van der Waals surface area contributed by atoms with Crippen molar-refractivity contribution >= 4 is 15.9 Å². The van der Waals surface area contributed by atoms with Crippen molar-refractivity contribution in [1.82, 2.24) is 10.6 Å². The average molecular weight is 397 g/mol. The summed E-state index contributed by atoms with van der Waals surface area (Å²) in [6.07, 6.45) is 0. The second-order valence-corrected chi connectivity index (χ2v) is 7.74. The molecule has 0 heterocycles. The van der Waals surface area contributed by atoms with Crippen LogP contribution in [-0.4, -0.2) is 20.9 Å². The molecule has 6 nitrogen and oxygen atoms in total. The lowest BCUT2D eigenvalue weighted by atomic mass is 10.1. The number of nitrogens with two attached hydrogens (primary N) is 1. The number of hydrogen-bond donors (Lipinski definition) is 3. The Bertz CT molecular complexity index is 918. The highest BCUT2D eigenvalue weighted by atomic mass is 32.2. The van der Waals surface area contributed by atoms with Crippen molar-refractivity contribution in [1.29, 1.82) is 0 Å². The van der Waals surface area contributed by atoms with Crippen LogP contribution in [-0.2, 0) is 14.8 Å². The molecule has 0 aliphatic heterocycles. The van der Waals surface area contributed by atoms with Crippen LogP contribution < -0.4 is 15.8 Å². The molecule has 1 amide bonds. The van der Waals surface area contributed by atoms with Crippen LogP contribution in [0.25, 0.3) is 0 Å². The first kappa shape index (κ1) is 20.9. The normalized spacial score (nSPS) is 13.8.